The summed E-state index contributed by atoms with van der Waals surface area (Å²) >= 11 is 0. The van der Waals surface area contributed by atoms with Crippen LogP contribution in [0.25, 0.3) is 16.7 Å². The van der Waals surface area contributed by atoms with Crippen molar-refractivity contribution < 1.29 is 19.1 Å². The Morgan fingerprint density at radius 2 is 1.74 bits per heavy atom. The molecule has 2 heterocycles. The number of hydrogen-bond acceptors (Lipinski definition) is 6. The number of rotatable bonds is 7. The highest BCUT2D eigenvalue weighted by molar-refractivity contribution is 5.83. The molecule has 8 heteroatoms. The SMILES string of the molecule is COc1ccc(-n2c(=O)c(CCC(=O)O[C@H](C)C(=O)N3CCCCC3)nc3ccccc32)cc1. The quantitative estimate of drug-likeness (QED) is 0.500. The largest absolute Gasteiger partial charge is 0.497 e. The molecule has 1 aliphatic heterocycles. The summed E-state index contributed by atoms with van der Waals surface area (Å²) in [5.41, 5.74) is 1.96. The van der Waals surface area contributed by atoms with Crippen molar-refractivity contribution >= 4 is 22.9 Å². The van der Waals surface area contributed by atoms with Gasteiger partial charge in [-0.25, -0.2) is 4.98 Å². The summed E-state index contributed by atoms with van der Waals surface area (Å²) in [5.74, 6) is -0.00620. The fourth-order valence-electron chi connectivity index (χ4n) is 4.23. The number of carbonyl (C=O) groups is 2. The van der Waals surface area contributed by atoms with Gasteiger partial charge in [-0.05, 0) is 62.6 Å². The first-order valence-electron chi connectivity index (χ1n) is 11.6. The van der Waals surface area contributed by atoms with E-state index in [1.54, 1.807) is 47.8 Å². The van der Waals surface area contributed by atoms with Crippen LogP contribution in [-0.4, -0.2) is 52.6 Å². The van der Waals surface area contributed by atoms with Gasteiger partial charge >= 0.3 is 5.97 Å². The van der Waals surface area contributed by atoms with Crippen molar-refractivity contribution in [3.63, 3.8) is 0 Å². The molecule has 1 aliphatic rings. The molecule has 1 aromatic heterocycles. The summed E-state index contributed by atoms with van der Waals surface area (Å²) in [6, 6.07) is 14.5. The fourth-order valence-corrected chi connectivity index (χ4v) is 4.23. The minimum Gasteiger partial charge on any atom is -0.497 e. The summed E-state index contributed by atoms with van der Waals surface area (Å²) in [4.78, 5) is 44.6. The minimum absolute atomic E-state index is 0.0409. The van der Waals surface area contributed by atoms with Gasteiger partial charge in [0.15, 0.2) is 6.10 Å². The minimum atomic E-state index is -0.842. The van der Waals surface area contributed by atoms with Gasteiger partial charge < -0.3 is 14.4 Å². The van der Waals surface area contributed by atoms with Crippen LogP contribution >= 0.6 is 0 Å². The summed E-state index contributed by atoms with van der Waals surface area (Å²) in [7, 11) is 1.58. The van der Waals surface area contributed by atoms with Gasteiger partial charge in [0.25, 0.3) is 11.5 Å². The number of benzene rings is 2. The zero-order valence-electron chi connectivity index (χ0n) is 19.5. The Kier molecular flexibility index (Phi) is 7.25. The Bertz CT molecular complexity index is 1230. The monoisotopic (exact) mass is 463 g/mol. The molecule has 0 saturated carbocycles. The zero-order valence-corrected chi connectivity index (χ0v) is 19.5. The van der Waals surface area contributed by atoms with Crippen LogP contribution in [0.5, 0.6) is 5.75 Å². The molecular weight excluding hydrogens is 434 g/mol. The van der Waals surface area contributed by atoms with E-state index in [-0.39, 0.29) is 30.0 Å². The number of aryl methyl sites for hydroxylation is 1. The number of ether oxygens (including phenoxy) is 2. The molecule has 178 valence electrons. The average Bonchev–Trinajstić information content (AvgIpc) is 2.87. The number of amides is 1. The predicted molar refractivity (Wildman–Crippen MR) is 128 cm³/mol. The molecule has 0 bridgehead atoms. The summed E-state index contributed by atoms with van der Waals surface area (Å²) in [6.07, 6.45) is 2.29. The number of methoxy groups -OCH3 is 1. The first kappa shape index (κ1) is 23.5. The van der Waals surface area contributed by atoms with Crippen molar-refractivity contribution in [2.75, 3.05) is 20.2 Å². The Labute approximate surface area is 198 Å². The van der Waals surface area contributed by atoms with E-state index in [2.05, 4.69) is 4.98 Å². The molecule has 0 aliphatic carbocycles. The maximum Gasteiger partial charge on any atom is 0.306 e. The second-order valence-electron chi connectivity index (χ2n) is 8.40. The third-order valence-corrected chi connectivity index (χ3v) is 6.05. The van der Waals surface area contributed by atoms with Gasteiger partial charge in [0.05, 0.1) is 24.6 Å². The maximum absolute atomic E-state index is 13.3. The van der Waals surface area contributed by atoms with E-state index >= 15 is 0 Å². The number of piperidine rings is 1. The van der Waals surface area contributed by atoms with Crippen LogP contribution in [0, 0.1) is 0 Å². The highest BCUT2D eigenvalue weighted by atomic mass is 16.5. The van der Waals surface area contributed by atoms with Crippen LogP contribution in [0.2, 0.25) is 0 Å². The van der Waals surface area contributed by atoms with Crippen molar-refractivity contribution in [1.29, 1.82) is 0 Å². The lowest BCUT2D eigenvalue weighted by Gasteiger charge is -2.28. The van der Waals surface area contributed by atoms with Crippen molar-refractivity contribution in [2.45, 2.75) is 45.1 Å². The van der Waals surface area contributed by atoms with Crippen molar-refractivity contribution in [2.24, 2.45) is 0 Å². The number of likely N-dealkylation sites (tertiary alicyclic amines) is 1. The molecule has 1 saturated heterocycles. The lowest BCUT2D eigenvalue weighted by molar-refractivity contribution is -0.159. The Balaban J connectivity index is 1.51. The first-order chi connectivity index (χ1) is 16.5. The number of carbonyl (C=O) groups excluding carboxylic acids is 2. The van der Waals surface area contributed by atoms with Crippen molar-refractivity contribution in [3.05, 3.63) is 64.6 Å². The highest BCUT2D eigenvalue weighted by Crippen LogP contribution is 2.19. The van der Waals surface area contributed by atoms with Crippen molar-refractivity contribution in [1.82, 2.24) is 14.5 Å². The summed E-state index contributed by atoms with van der Waals surface area (Å²) in [6.45, 7) is 3.00. The molecule has 0 spiro atoms. The van der Waals surface area contributed by atoms with E-state index in [9.17, 15) is 14.4 Å². The van der Waals surface area contributed by atoms with Crippen LogP contribution in [-0.2, 0) is 20.7 Å². The van der Waals surface area contributed by atoms with Gasteiger partial charge in [0.2, 0.25) is 0 Å². The Morgan fingerprint density at radius 1 is 1.03 bits per heavy atom. The Hall–Kier alpha value is -3.68. The van der Waals surface area contributed by atoms with Crippen LogP contribution in [0.3, 0.4) is 0 Å². The number of para-hydroxylation sites is 2. The van der Waals surface area contributed by atoms with Crippen LogP contribution < -0.4 is 10.3 Å². The molecule has 0 radical (unpaired) electrons. The van der Waals surface area contributed by atoms with Crippen LogP contribution in [0.15, 0.2) is 53.3 Å². The zero-order chi connectivity index (χ0) is 24.1. The normalized spacial score (nSPS) is 14.6. The number of nitrogens with zero attached hydrogens (tertiary/aromatic N) is 3. The smallest absolute Gasteiger partial charge is 0.306 e. The topological polar surface area (TPSA) is 90.7 Å². The van der Waals surface area contributed by atoms with Crippen molar-refractivity contribution in [3.8, 4) is 11.4 Å². The van der Waals surface area contributed by atoms with E-state index in [4.69, 9.17) is 9.47 Å². The number of esters is 1. The lowest BCUT2D eigenvalue weighted by atomic mass is 10.1. The predicted octanol–water partition coefficient (Wildman–Crippen LogP) is 3.27. The first-order valence-corrected chi connectivity index (χ1v) is 11.6. The van der Waals surface area contributed by atoms with Crippen LogP contribution in [0.4, 0.5) is 0 Å². The second-order valence-corrected chi connectivity index (χ2v) is 8.40. The van der Waals surface area contributed by atoms with Gasteiger partial charge in [-0.2, -0.15) is 0 Å². The van der Waals surface area contributed by atoms with E-state index in [1.807, 2.05) is 24.3 Å². The lowest BCUT2D eigenvalue weighted by Crippen LogP contribution is -2.42. The van der Waals surface area contributed by atoms with Gasteiger partial charge in [0.1, 0.15) is 11.4 Å². The van der Waals surface area contributed by atoms with Gasteiger partial charge in [-0.3, -0.25) is 19.0 Å². The van der Waals surface area contributed by atoms with E-state index in [1.165, 1.54) is 0 Å². The number of fused-ring (bicyclic) bond motifs is 1. The third kappa shape index (κ3) is 5.11. The standard InChI is InChI=1S/C26H29N3O5/c1-18(25(31)28-16-6-3-7-17-28)34-24(30)15-14-22-26(32)29(19-10-12-20(33-2)13-11-19)23-9-5-4-8-21(23)27-22/h4-5,8-13,18H,3,6-7,14-17H2,1-2H3/t18-/m1/s1. The molecule has 3 aromatic rings. The van der Waals surface area contributed by atoms with Gasteiger partial charge in [-0.15, -0.1) is 0 Å². The van der Waals surface area contributed by atoms with Gasteiger partial charge in [-0.1, -0.05) is 12.1 Å². The molecule has 0 N–H and O–H groups in total. The molecule has 4 rings (SSSR count). The third-order valence-electron chi connectivity index (χ3n) is 6.05. The van der Waals surface area contributed by atoms with Crippen LogP contribution in [0.1, 0.15) is 38.3 Å². The number of aromatic nitrogens is 2. The summed E-state index contributed by atoms with van der Waals surface area (Å²) in [5, 5.41) is 0. The van der Waals surface area contributed by atoms with E-state index < -0.39 is 12.1 Å². The molecule has 8 nitrogen and oxygen atoms in total. The Morgan fingerprint density at radius 3 is 2.44 bits per heavy atom. The molecule has 2 aromatic carbocycles. The molecule has 1 fully saturated rings. The molecule has 0 unspecified atom stereocenters. The highest BCUT2D eigenvalue weighted by Gasteiger charge is 2.25. The molecular formula is C26H29N3O5. The summed E-state index contributed by atoms with van der Waals surface area (Å²) < 4.78 is 12.2. The molecule has 34 heavy (non-hydrogen) atoms. The average molecular weight is 464 g/mol. The number of hydrogen-bond donors (Lipinski definition) is 0. The van der Waals surface area contributed by atoms with E-state index in [0.717, 1.165) is 19.3 Å². The second kappa shape index (κ2) is 10.5. The molecule has 1 atom stereocenters. The molecule has 1 amide bonds. The maximum atomic E-state index is 13.3. The fraction of sp³-hybridized carbons (Fsp3) is 0.385. The van der Waals surface area contributed by atoms with E-state index in [0.29, 0.717) is 35.6 Å². The van der Waals surface area contributed by atoms with Gasteiger partial charge in [0, 0.05) is 25.2 Å².